The van der Waals surface area contributed by atoms with Crippen molar-refractivity contribution in [3.05, 3.63) is 63.3 Å². The second kappa shape index (κ2) is 7.15. The number of rotatable bonds is 5. The Bertz CT molecular complexity index is 887. The minimum absolute atomic E-state index is 0.0989. The fourth-order valence-electron chi connectivity index (χ4n) is 2.72. The number of H-pyrrole nitrogens is 1. The van der Waals surface area contributed by atoms with E-state index in [0.29, 0.717) is 11.4 Å². The predicted octanol–water partition coefficient (Wildman–Crippen LogP) is 2.52. The van der Waals surface area contributed by atoms with Crippen LogP contribution in [0.5, 0.6) is 0 Å². The number of carbonyl (C=O) groups excluding carboxylic acids is 1. The Kier molecular flexibility index (Phi) is 5.05. The lowest BCUT2D eigenvalue weighted by Gasteiger charge is -2.22. The predicted molar refractivity (Wildman–Crippen MR) is 90.2 cm³/mol. The second-order valence-electron chi connectivity index (χ2n) is 6.60. The topological polar surface area (TPSA) is 95.1 Å². The maximum absolute atomic E-state index is 12.7. The highest BCUT2D eigenvalue weighted by Crippen LogP contribution is 2.37. The number of aliphatic hydroxyl groups is 1. The average Bonchev–Trinajstić information content (AvgIpc) is 3.43. The molecule has 1 heterocycles. The highest BCUT2D eigenvalue weighted by molar-refractivity contribution is 5.92. The number of aromatic amines is 1. The number of hydrogen-bond acceptors (Lipinski definition) is 4. The maximum Gasteiger partial charge on any atom is 0.416 e. The van der Waals surface area contributed by atoms with Crippen LogP contribution in [0.2, 0.25) is 0 Å². The molecule has 0 radical (unpaired) electrons. The van der Waals surface area contributed by atoms with Crippen LogP contribution in [0.4, 0.5) is 13.2 Å². The van der Waals surface area contributed by atoms with Gasteiger partial charge in [0.15, 0.2) is 0 Å². The van der Waals surface area contributed by atoms with Crippen molar-refractivity contribution < 1.29 is 23.1 Å². The number of nitrogens with zero attached hydrogens (tertiary/aromatic N) is 1. The first-order chi connectivity index (χ1) is 12.6. The summed E-state index contributed by atoms with van der Waals surface area (Å²) in [4.78, 5) is 31.0. The summed E-state index contributed by atoms with van der Waals surface area (Å²) in [6, 6.07) is 4.25. The lowest BCUT2D eigenvalue weighted by atomic mass is 10.0. The molecule has 0 bridgehead atoms. The number of nitrogens with one attached hydrogen (secondary N) is 2. The van der Waals surface area contributed by atoms with Crippen LogP contribution in [0, 0.1) is 0 Å². The van der Waals surface area contributed by atoms with E-state index < -0.39 is 35.4 Å². The first-order valence-electron chi connectivity index (χ1n) is 8.42. The van der Waals surface area contributed by atoms with E-state index >= 15 is 0 Å². The molecule has 1 aromatic heterocycles. The number of amides is 1. The molecule has 1 amide bonds. The van der Waals surface area contributed by atoms with Crippen LogP contribution in [-0.4, -0.2) is 27.1 Å². The number of aromatic nitrogens is 2. The standard InChI is InChI=1S/C18H18F3N3O3/c1-9(25)15(10-4-6-12(7-5-10)18(19,20)21)24-17(27)13-8-14(26)23-16(22-13)11-2-3-11/h4-9,11,15,25H,2-3H2,1H3,(H,24,27)(H,22,23,26)/t9-,15+/m0/s1. The first-order valence-corrected chi connectivity index (χ1v) is 8.42. The molecule has 1 fully saturated rings. The third kappa shape index (κ3) is 4.54. The third-order valence-corrected chi connectivity index (χ3v) is 4.32. The average molecular weight is 381 g/mol. The van der Waals surface area contributed by atoms with Crippen molar-refractivity contribution >= 4 is 5.91 Å². The van der Waals surface area contributed by atoms with Gasteiger partial charge in [0, 0.05) is 12.0 Å². The Hall–Kier alpha value is -2.68. The zero-order valence-electron chi connectivity index (χ0n) is 14.4. The summed E-state index contributed by atoms with van der Waals surface area (Å²) in [5.74, 6) is -0.113. The van der Waals surface area contributed by atoms with Gasteiger partial charge in [0.25, 0.3) is 11.5 Å². The largest absolute Gasteiger partial charge is 0.416 e. The van der Waals surface area contributed by atoms with Crippen LogP contribution in [0.3, 0.4) is 0 Å². The molecule has 1 aliphatic rings. The summed E-state index contributed by atoms with van der Waals surface area (Å²) in [7, 11) is 0. The van der Waals surface area contributed by atoms with E-state index in [-0.39, 0.29) is 11.6 Å². The molecule has 27 heavy (non-hydrogen) atoms. The van der Waals surface area contributed by atoms with Crippen LogP contribution in [0.25, 0.3) is 0 Å². The van der Waals surface area contributed by atoms with E-state index in [1.165, 1.54) is 19.1 Å². The smallest absolute Gasteiger partial charge is 0.391 e. The van der Waals surface area contributed by atoms with Crippen molar-refractivity contribution in [1.82, 2.24) is 15.3 Å². The van der Waals surface area contributed by atoms with E-state index in [1.54, 1.807) is 0 Å². The SMILES string of the molecule is C[C@H](O)[C@@H](NC(=O)c1cc(=O)[nH]c(C2CC2)n1)c1ccc(C(F)(F)F)cc1. The van der Waals surface area contributed by atoms with Crippen LogP contribution in [-0.2, 0) is 6.18 Å². The van der Waals surface area contributed by atoms with E-state index in [1.807, 2.05) is 0 Å². The number of carbonyl (C=O) groups is 1. The molecule has 1 aromatic carbocycles. The molecule has 1 saturated carbocycles. The molecule has 2 aromatic rings. The zero-order valence-corrected chi connectivity index (χ0v) is 14.4. The Morgan fingerprint density at radius 1 is 1.30 bits per heavy atom. The normalized spacial score (nSPS) is 16.6. The maximum atomic E-state index is 12.7. The van der Waals surface area contributed by atoms with Crippen LogP contribution < -0.4 is 10.9 Å². The van der Waals surface area contributed by atoms with Gasteiger partial charge in [-0.05, 0) is 37.5 Å². The molecule has 9 heteroatoms. The number of aliphatic hydroxyl groups excluding tert-OH is 1. The van der Waals surface area contributed by atoms with Crippen LogP contribution in [0.15, 0.2) is 35.1 Å². The van der Waals surface area contributed by atoms with Gasteiger partial charge in [0.05, 0.1) is 17.7 Å². The molecule has 3 N–H and O–H groups in total. The van der Waals surface area contributed by atoms with E-state index in [4.69, 9.17) is 0 Å². The molecule has 0 aliphatic heterocycles. The summed E-state index contributed by atoms with van der Waals surface area (Å²) >= 11 is 0. The monoisotopic (exact) mass is 381 g/mol. The van der Waals surface area contributed by atoms with Gasteiger partial charge in [-0.2, -0.15) is 13.2 Å². The molecule has 1 aliphatic carbocycles. The Labute approximate surface area is 152 Å². The Morgan fingerprint density at radius 2 is 1.93 bits per heavy atom. The third-order valence-electron chi connectivity index (χ3n) is 4.32. The Morgan fingerprint density at radius 3 is 2.44 bits per heavy atom. The fraction of sp³-hybridized carbons (Fsp3) is 0.389. The lowest BCUT2D eigenvalue weighted by Crippen LogP contribution is -2.36. The molecular formula is C18H18F3N3O3. The molecule has 3 rings (SSSR count). The molecular weight excluding hydrogens is 363 g/mol. The van der Waals surface area contributed by atoms with Crippen molar-refractivity contribution in [2.24, 2.45) is 0 Å². The summed E-state index contributed by atoms with van der Waals surface area (Å²) in [5, 5.41) is 12.5. The zero-order chi connectivity index (χ0) is 19.8. The van der Waals surface area contributed by atoms with E-state index in [9.17, 15) is 27.9 Å². The molecule has 0 spiro atoms. The van der Waals surface area contributed by atoms with Gasteiger partial charge in [0.1, 0.15) is 11.5 Å². The van der Waals surface area contributed by atoms with Gasteiger partial charge in [-0.3, -0.25) is 9.59 Å². The number of halogens is 3. The number of benzene rings is 1. The minimum Gasteiger partial charge on any atom is -0.391 e. The summed E-state index contributed by atoms with van der Waals surface area (Å²) in [6.07, 6.45) is -3.78. The molecule has 144 valence electrons. The number of alkyl halides is 3. The van der Waals surface area contributed by atoms with E-state index in [0.717, 1.165) is 31.0 Å². The number of hydrogen-bond donors (Lipinski definition) is 3. The summed E-state index contributed by atoms with van der Waals surface area (Å²) in [6.45, 7) is 1.41. The molecule has 0 unspecified atom stereocenters. The molecule has 2 atom stereocenters. The highest BCUT2D eigenvalue weighted by Gasteiger charge is 2.31. The van der Waals surface area contributed by atoms with Crippen molar-refractivity contribution in [2.75, 3.05) is 0 Å². The van der Waals surface area contributed by atoms with Gasteiger partial charge < -0.3 is 15.4 Å². The van der Waals surface area contributed by atoms with Gasteiger partial charge in [-0.1, -0.05) is 12.1 Å². The second-order valence-corrected chi connectivity index (χ2v) is 6.60. The van der Waals surface area contributed by atoms with Crippen molar-refractivity contribution in [2.45, 2.75) is 44.0 Å². The first kappa shape index (κ1) is 19.1. The van der Waals surface area contributed by atoms with Crippen molar-refractivity contribution in [1.29, 1.82) is 0 Å². The summed E-state index contributed by atoms with van der Waals surface area (Å²) in [5.41, 5.74) is -1.08. The fourth-order valence-corrected chi connectivity index (χ4v) is 2.72. The van der Waals surface area contributed by atoms with Gasteiger partial charge in [0.2, 0.25) is 0 Å². The van der Waals surface area contributed by atoms with Crippen molar-refractivity contribution in [3.8, 4) is 0 Å². The van der Waals surface area contributed by atoms with E-state index in [2.05, 4.69) is 15.3 Å². The van der Waals surface area contributed by atoms with Crippen LogP contribution >= 0.6 is 0 Å². The van der Waals surface area contributed by atoms with Gasteiger partial charge in [-0.25, -0.2) is 4.98 Å². The minimum atomic E-state index is -4.48. The summed E-state index contributed by atoms with van der Waals surface area (Å²) < 4.78 is 38.1. The van der Waals surface area contributed by atoms with Crippen molar-refractivity contribution in [3.63, 3.8) is 0 Å². The molecule has 6 nitrogen and oxygen atoms in total. The quantitative estimate of drug-likeness (QED) is 0.742. The highest BCUT2D eigenvalue weighted by atomic mass is 19.4. The van der Waals surface area contributed by atoms with Crippen LogP contribution in [0.1, 0.15) is 59.2 Å². The molecule has 0 saturated heterocycles. The lowest BCUT2D eigenvalue weighted by molar-refractivity contribution is -0.137. The Balaban J connectivity index is 1.82. The van der Waals surface area contributed by atoms with Gasteiger partial charge >= 0.3 is 6.18 Å². The van der Waals surface area contributed by atoms with Gasteiger partial charge in [-0.15, -0.1) is 0 Å².